The number of nitrogens with one attached hydrogen (secondary N) is 2. The number of benzene rings is 2. The number of amides is 1. The Kier molecular flexibility index (Phi) is 4.18. The molecule has 1 fully saturated rings. The number of hydrogen-bond acceptors (Lipinski definition) is 4. The second kappa shape index (κ2) is 6.85. The van der Waals surface area contributed by atoms with Gasteiger partial charge in [-0.25, -0.2) is 9.67 Å². The number of amidine groups is 1. The van der Waals surface area contributed by atoms with Crippen LogP contribution in [0.3, 0.4) is 0 Å². The number of aliphatic imine (C=N–C) groups is 1. The van der Waals surface area contributed by atoms with Crippen LogP contribution in [0.2, 0.25) is 5.02 Å². The zero-order valence-corrected chi connectivity index (χ0v) is 16.1. The fraction of sp³-hybridized carbons (Fsp3) is 0.0500. The lowest BCUT2D eigenvalue weighted by molar-refractivity contribution is -0.116. The van der Waals surface area contributed by atoms with Crippen molar-refractivity contribution in [2.75, 3.05) is 5.75 Å². The summed E-state index contributed by atoms with van der Waals surface area (Å²) < 4.78 is 1.76. The number of nitrogens with zero attached hydrogens (tertiary/aromatic N) is 3. The van der Waals surface area contributed by atoms with E-state index >= 15 is 0 Å². The van der Waals surface area contributed by atoms with E-state index in [1.54, 1.807) is 4.68 Å². The molecule has 138 valence electrons. The van der Waals surface area contributed by atoms with Crippen molar-refractivity contribution in [3.8, 4) is 16.9 Å². The first-order chi connectivity index (χ1) is 13.7. The van der Waals surface area contributed by atoms with Crippen molar-refractivity contribution < 1.29 is 4.79 Å². The van der Waals surface area contributed by atoms with Crippen LogP contribution in [-0.2, 0) is 4.79 Å². The summed E-state index contributed by atoms with van der Waals surface area (Å²) in [5, 5.41) is 9.87. The van der Waals surface area contributed by atoms with Gasteiger partial charge in [-0.2, -0.15) is 5.10 Å². The predicted molar refractivity (Wildman–Crippen MR) is 114 cm³/mol. The van der Waals surface area contributed by atoms with Crippen LogP contribution < -0.4 is 5.32 Å². The molecule has 0 aliphatic carbocycles. The molecular weight excluding hydrogens is 394 g/mol. The molecule has 28 heavy (non-hydrogen) atoms. The Balaban J connectivity index is 1.66. The fourth-order valence-corrected chi connectivity index (χ4v) is 3.94. The second-order valence-corrected chi connectivity index (χ2v) is 7.68. The average Bonchev–Trinajstić information content (AvgIpc) is 3.41. The van der Waals surface area contributed by atoms with Crippen LogP contribution >= 0.6 is 23.4 Å². The molecule has 0 unspecified atom stereocenters. The predicted octanol–water partition coefficient (Wildman–Crippen LogP) is 4.52. The van der Waals surface area contributed by atoms with Crippen molar-refractivity contribution >= 4 is 51.2 Å². The number of halogens is 1. The maximum Gasteiger partial charge on any atom is 0.236 e. The molecule has 1 aliphatic rings. The number of H-pyrrole nitrogens is 1. The number of hydrogen-bond donors (Lipinski definition) is 2. The van der Waals surface area contributed by atoms with Gasteiger partial charge in [-0.15, -0.1) is 0 Å². The normalized spacial score (nSPS) is 15.5. The zero-order chi connectivity index (χ0) is 19.1. The maximum absolute atomic E-state index is 11.5. The topological polar surface area (TPSA) is 75.1 Å². The van der Waals surface area contributed by atoms with Crippen LogP contribution in [-0.4, -0.2) is 31.6 Å². The van der Waals surface area contributed by atoms with Gasteiger partial charge in [0.05, 0.1) is 17.1 Å². The van der Waals surface area contributed by atoms with Gasteiger partial charge >= 0.3 is 0 Å². The monoisotopic (exact) mass is 407 g/mol. The molecule has 1 amide bonds. The van der Waals surface area contributed by atoms with E-state index in [-0.39, 0.29) is 5.91 Å². The van der Waals surface area contributed by atoms with Gasteiger partial charge in [0.1, 0.15) is 0 Å². The molecule has 6 nitrogen and oxygen atoms in total. The molecule has 0 spiro atoms. The first-order valence-corrected chi connectivity index (χ1v) is 9.97. The zero-order valence-electron chi connectivity index (χ0n) is 14.5. The minimum atomic E-state index is -0.0434. The Bertz CT molecular complexity index is 1230. The number of thioether (sulfide) groups is 1. The molecule has 4 aromatic rings. The third-order valence-corrected chi connectivity index (χ3v) is 5.55. The van der Waals surface area contributed by atoms with E-state index in [9.17, 15) is 4.79 Å². The third-order valence-electron chi connectivity index (χ3n) is 4.43. The van der Waals surface area contributed by atoms with Crippen LogP contribution in [0.15, 0.2) is 65.8 Å². The molecule has 5 rings (SSSR count). The lowest BCUT2D eigenvalue weighted by Gasteiger charge is -2.04. The van der Waals surface area contributed by atoms with Crippen LogP contribution in [0.1, 0.15) is 0 Å². The van der Waals surface area contributed by atoms with Gasteiger partial charge in [-0.05, 0) is 30.3 Å². The number of fused-ring (bicyclic) bond motifs is 1. The molecule has 3 heterocycles. The van der Waals surface area contributed by atoms with Crippen LogP contribution in [0.25, 0.3) is 27.8 Å². The minimum absolute atomic E-state index is 0.0434. The first-order valence-electron chi connectivity index (χ1n) is 8.61. The molecule has 0 bridgehead atoms. The van der Waals surface area contributed by atoms with Crippen molar-refractivity contribution in [2.45, 2.75) is 0 Å². The molecule has 8 heteroatoms. The summed E-state index contributed by atoms with van der Waals surface area (Å²) in [5.74, 6) is 0.967. The van der Waals surface area contributed by atoms with Crippen LogP contribution in [0.4, 0.5) is 5.82 Å². The summed E-state index contributed by atoms with van der Waals surface area (Å²) >= 11 is 7.41. The van der Waals surface area contributed by atoms with Gasteiger partial charge in [0.25, 0.3) is 0 Å². The van der Waals surface area contributed by atoms with E-state index < -0.39 is 0 Å². The van der Waals surface area contributed by atoms with Crippen molar-refractivity contribution in [3.05, 3.63) is 65.8 Å². The fourth-order valence-electron chi connectivity index (χ4n) is 3.13. The first kappa shape index (κ1) is 17.1. The minimum Gasteiger partial charge on any atom is -0.360 e. The van der Waals surface area contributed by atoms with E-state index in [4.69, 9.17) is 16.7 Å². The van der Waals surface area contributed by atoms with E-state index in [1.165, 1.54) is 11.8 Å². The summed E-state index contributed by atoms with van der Waals surface area (Å²) in [6.07, 6.45) is 1.95. The Morgan fingerprint density at radius 2 is 1.96 bits per heavy atom. The van der Waals surface area contributed by atoms with Crippen molar-refractivity contribution in [2.24, 2.45) is 4.99 Å². The highest BCUT2D eigenvalue weighted by molar-refractivity contribution is 8.15. The summed E-state index contributed by atoms with van der Waals surface area (Å²) in [7, 11) is 0. The highest BCUT2D eigenvalue weighted by atomic mass is 35.5. The number of para-hydroxylation sites is 1. The quantitative estimate of drug-likeness (QED) is 0.524. The highest BCUT2D eigenvalue weighted by Crippen LogP contribution is 2.32. The van der Waals surface area contributed by atoms with Crippen LogP contribution in [0.5, 0.6) is 0 Å². The number of carbonyl (C=O) groups excluding carboxylic acids is 1. The lowest BCUT2D eigenvalue weighted by Crippen LogP contribution is -2.20. The smallest absolute Gasteiger partial charge is 0.236 e. The largest absolute Gasteiger partial charge is 0.360 e. The van der Waals surface area contributed by atoms with Crippen molar-refractivity contribution in [1.29, 1.82) is 0 Å². The Morgan fingerprint density at radius 1 is 1.14 bits per heavy atom. The number of aromatic amines is 1. The molecule has 1 aliphatic heterocycles. The molecule has 0 saturated carbocycles. The van der Waals surface area contributed by atoms with E-state index in [0.29, 0.717) is 21.8 Å². The Morgan fingerprint density at radius 3 is 2.75 bits per heavy atom. The number of rotatable bonds is 3. The second-order valence-electron chi connectivity index (χ2n) is 6.28. The van der Waals surface area contributed by atoms with Gasteiger partial charge in [0.15, 0.2) is 11.0 Å². The summed E-state index contributed by atoms with van der Waals surface area (Å²) in [4.78, 5) is 19.4. The highest BCUT2D eigenvalue weighted by Gasteiger charge is 2.19. The average molecular weight is 408 g/mol. The van der Waals surface area contributed by atoms with Crippen LogP contribution in [0, 0.1) is 0 Å². The van der Waals surface area contributed by atoms with Crippen molar-refractivity contribution in [1.82, 2.24) is 20.1 Å². The molecular formula is C20H14ClN5OS. The molecule has 0 atom stereocenters. The number of aromatic nitrogens is 3. The summed E-state index contributed by atoms with van der Waals surface area (Å²) in [6.45, 7) is 0. The lowest BCUT2D eigenvalue weighted by atomic mass is 10.1. The standard InChI is InChI=1S/C20H14ClN5OS/c21-12-5-7-13(8-6-12)26-18(23-20-24-19(27)11-28-20)9-17(25-26)15-10-22-16-4-2-1-3-14(15)16/h1-10,22H,11H2,(H,23,24,27). The van der Waals surface area contributed by atoms with E-state index in [0.717, 1.165) is 27.8 Å². The third kappa shape index (κ3) is 3.08. The number of carbonyl (C=O) groups is 1. The summed E-state index contributed by atoms with van der Waals surface area (Å²) in [5.41, 5.74) is 3.67. The van der Waals surface area contributed by atoms with Gasteiger partial charge in [0.2, 0.25) is 5.91 Å². The molecule has 2 aromatic heterocycles. The van der Waals surface area contributed by atoms with Gasteiger partial charge < -0.3 is 10.3 Å². The maximum atomic E-state index is 11.5. The molecule has 0 radical (unpaired) electrons. The van der Waals surface area contributed by atoms with E-state index in [1.807, 2.05) is 54.7 Å². The summed E-state index contributed by atoms with van der Waals surface area (Å²) in [6, 6.07) is 17.4. The van der Waals surface area contributed by atoms with Gasteiger partial charge in [-0.1, -0.05) is 41.6 Å². The van der Waals surface area contributed by atoms with Gasteiger partial charge in [0, 0.05) is 33.8 Å². The van der Waals surface area contributed by atoms with Gasteiger partial charge in [-0.3, -0.25) is 4.79 Å². The Hall–Kier alpha value is -3.03. The molecule has 1 saturated heterocycles. The molecule has 2 aromatic carbocycles. The van der Waals surface area contributed by atoms with Crippen molar-refractivity contribution in [3.63, 3.8) is 0 Å². The SMILES string of the molecule is O=C1CSC(=Nc2cc(-c3c[nH]c4ccccc34)nn2-c2ccc(Cl)cc2)N1. The molecule has 2 N–H and O–H groups in total. The van der Waals surface area contributed by atoms with E-state index in [2.05, 4.69) is 21.4 Å². The Labute approximate surface area is 169 Å².